The largest absolute Gasteiger partial charge is 0.481 e. The predicted molar refractivity (Wildman–Crippen MR) is 40.2 cm³/mol. The lowest BCUT2D eigenvalue weighted by Crippen LogP contribution is -2.21. The first kappa shape index (κ1) is 10.3. The molecule has 0 bridgehead atoms. The molecule has 0 aromatic rings. The molecule has 0 aromatic carbocycles. The van der Waals surface area contributed by atoms with Crippen LogP contribution >= 0.6 is 34.8 Å². The minimum Gasteiger partial charge on any atom is -0.481 e. The smallest absolute Gasteiger partial charge is 0.311 e. The Morgan fingerprint density at radius 2 is 1.83 bits per heavy atom. The molecule has 70 valence electrons. The number of hydrogen-bond donors (Lipinski definition) is 1. The van der Waals surface area contributed by atoms with Crippen LogP contribution in [0.2, 0.25) is 0 Å². The van der Waals surface area contributed by atoms with Gasteiger partial charge in [-0.05, 0) is 0 Å². The first-order valence-corrected chi connectivity index (χ1v) is 3.97. The molecule has 0 heterocycles. The molecule has 1 fully saturated rings. The van der Waals surface area contributed by atoms with Crippen LogP contribution in [-0.4, -0.2) is 26.7 Å². The van der Waals surface area contributed by atoms with E-state index in [1.807, 2.05) is 0 Å². The van der Waals surface area contributed by atoms with Gasteiger partial charge < -0.3 is 5.11 Å². The summed E-state index contributed by atoms with van der Waals surface area (Å²) in [5.41, 5.74) is 0. The Labute approximate surface area is 81.4 Å². The minimum absolute atomic E-state index is 1.52. The van der Waals surface area contributed by atoms with E-state index in [9.17, 15) is 13.6 Å². The average Bonchev–Trinajstić information content (AvgIpc) is 2.28. The highest BCUT2D eigenvalue weighted by molar-refractivity contribution is 6.60. The quantitative estimate of drug-likeness (QED) is 0.750. The summed E-state index contributed by atoms with van der Waals surface area (Å²) in [5, 5.41) is 8.39. The molecule has 1 aliphatic rings. The molecule has 2 unspecified atom stereocenters. The summed E-state index contributed by atoms with van der Waals surface area (Å²) in [6.07, 6.45) is -3.06. The molecular weight excluding hydrogens is 236 g/mol. The van der Waals surface area contributed by atoms with Crippen molar-refractivity contribution >= 4 is 40.8 Å². The summed E-state index contributed by atoms with van der Waals surface area (Å²) in [7, 11) is 0. The van der Waals surface area contributed by atoms with Crippen molar-refractivity contribution in [3.8, 4) is 0 Å². The van der Waals surface area contributed by atoms with Gasteiger partial charge in [-0.25, -0.2) is 8.78 Å². The molecule has 0 amide bonds. The zero-order valence-electron chi connectivity index (χ0n) is 5.40. The van der Waals surface area contributed by atoms with Crippen LogP contribution in [0.4, 0.5) is 8.78 Å². The zero-order chi connectivity index (χ0) is 9.73. The Balaban J connectivity index is 2.92. The topological polar surface area (TPSA) is 37.3 Å². The third-order valence-corrected chi connectivity index (χ3v) is 3.71. The number of aliphatic carboxylic acids is 1. The Morgan fingerprint density at radius 1 is 1.42 bits per heavy atom. The van der Waals surface area contributed by atoms with Gasteiger partial charge in [-0.15, -0.1) is 11.6 Å². The van der Waals surface area contributed by atoms with Crippen LogP contribution in [0.25, 0.3) is 0 Å². The van der Waals surface area contributed by atoms with Crippen LogP contribution in [0.5, 0.6) is 0 Å². The minimum atomic E-state index is -3.06. The van der Waals surface area contributed by atoms with Crippen LogP contribution in [-0.2, 0) is 4.79 Å². The Bertz CT molecular complexity index is 233. The van der Waals surface area contributed by atoms with E-state index in [1.165, 1.54) is 0 Å². The van der Waals surface area contributed by atoms with E-state index in [2.05, 4.69) is 0 Å². The van der Waals surface area contributed by atoms with Gasteiger partial charge in [0.2, 0.25) is 0 Å². The molecule has 0 spiro atoms. The van der Waals surface area contributed by atoms with Gasteiger partial charge in [-0.3, -0.25) is 4.79 Å². The van der Waals surface area contributed by atoms with E-state index in [-0.39, 0.29) is 0 Å². The van der Waals surface area contributed by atoms with Crippen LogP contribution in [0.15, 0.2) is 0 Å². The van der Waals surface area contributed by atoms with Crippen LogP contribution in [0, 0.1) is 5.92 Å². The second-order valence-electron chi connectivity index (χ2n) is 2.46. The number of carboxylic acids is 1. The van der Waals surface area contributed by atoms with Crippen molar-refractivity contribution in [2.24, 2.45) is 5.92 Å². The van der Waals surface area contributed by atoms with Gasteiger partial charge in [-0.2, -0.15) is 0 Å². The van der Waals surface area contributed by atoms with E-state index in [4.69, 9.17) is 39.9 Å². The second-order valence-corrected chi connectivity index (χ2v) is 4.47. The third kappa shape index (κ3) is 1.01. The summed E-state index contributed by atoms with van der Waals surface area (Å²) >= 11 is 15.8. The number of carboxylic acid groups (broad SMARTS) is 1. The number of hydrogen-bond acceptors (Lipinski definition) is 1. The van der Waals surface area contributed by atoms with E-state index in [0.29, 0.717) is 0 Å². The maximum absolute atomic E-state index is 12.1. The second kappa shape index (κ2) is 2.59. The lowest BCUT2D eigenvalue weighted by Gasteiger charge is -2.05. The van der Waals surface area contributed by atoms with Gasteiger partial charge in [0.1, 0.15) is 5.92 Å². The molecule has 0 saturated heterocycles. The lowest BCUT2D eigenvalue weighted by atomic mass is 10.3. The molecule has 7 heteroatoms. The van der Waals surface area contributed by atoms with E-state index in [1.54, 1.807) is 0 Å². The molecule has 1 N–H and O–H groups in total. The highest BCUT2D eigenvalue weighted by Crippen LogP contribution is 2.68. The number of rotatable bonds is 2. The highest BCUT2D eigenvalue weighted by Gasteiger charge is 2.84. The third-order valence-electron chi connectivity index (χ3n) is 1.77. The lowest BCUT2D eigenvalue weighted by molar-refractivity contribution is -0.139. The molecule has 0 aliphatic heterocycles. The van der Waals surface area contributed by atoms with Crippen molar-refractivity contribution in [1.29, 1.82) is 0 Å². The normalized spacial score (nSPS) is 38.3. The molecule has 1 aliphatic carbocycles. The Morgan fingerprint density at radius 3 is 1.92 bits per heavy atom. The Hall–Kier alpha value is 0.200. The molecule has 2 nitrogen and oxygen atoms in total. The molecule has 0 aromatic heterocycles. The first-order valence-electron chi connectivity index (χ1n) is 2.84. The number of halogens is 5. The fourth-order valence-electron chi connectivity index (χ4n) is 0.999. The first-order chi connectivity index (χ1) is 5.26. The summed E-state index contributed by atoms with van der Waals surface area (Å²) < 4.78 is 22.2. The number of carbonyl (C=O) groups is 1. The molecule has 0 radical (unpaired) electrons. The van der Waals surface area contributed by atoms with Gasteiger partial charge in [-0.1, -0.05) is 23.2 Å². The van der Waals surface area contributed by atoms with Crippen molar-refractivity contribution in [1.82, 2.24) is 0 Å². The predicted octanol–water partition coefficient (Wildman–Crippen LogP) is 2.12. The fourth-order valence-corrected chi connectivity index (χ4v) is 2.23. The van der Waals surface area contributed by atoms with Crippen molar-refractivity contribution in [2.45, 2.75) is 15.6 Å². The average molecular weight is 239 g/mol. The van der Waals surface area contributed by atoms with E-state index >= 15 is 0 Å². The highest BCUT2D eigenvalue weighted by atomic mass is 35.5. The van der Waals surface area contributed by atoms with Gasteiger partial charge >= 0.3 is 5.97 Å². The van der Waals surface area contributed by atoms with Gasteiger partial charge in [0.05, 0.1) is 0 Å². The van der Waals surface area contributed by atoms with Crippen molar-refractivity contribution in [3.63, 3.8) is 0 Å². The SMILES string of the molecule is O=C(O)C1C(Cl)(Cl)C1(Cl)C(F)F. The van der Waals surface area contributed by atoms with Crippen molar-refractivity contribution < 1.29 is 18.7 Å². The zero-order valence-corrected chi connectivity index (χ0v) is 7.67. The van der Waals surface area contributed by atoms with Crippen LogP contribution in [0.1, 0.15) is 0 Å². The molecule has 1 saturated carbocycles. The molecule has 12 heavy (non-hydrogen) atoms. The summed E-state index contributed by atoms with van der Waals surface area (Å²) in [6.45, 7) is 0. The molecule has 2 atom stereocenters. The summed E-state index contributed by atoms with van der Waals surface area (Å²) in [4.78, 5) is 7.97. The van der Waals surface area contributed by atoms with Crippen LogP contribution < -0.4 is 0 Å². The summed E-state index contributed by atoms with van der Waals surface area (Å²) in [5.74, 6) is -3.13. The maximum Gasteiger partial charge on any atom is 0.311 e. The number of alkyl halides is 5. The maximum atomic E-state index is 12.1. The van der Waals surface area contributed by atoms with E-state index < -0.39 is 27.5 Å². The Kier molecular flexibility index (Phi) is 2.22. The van der Waals surface area contributed by atoms with Gasteiger partial charge in [0, 0.05) is 0 Å². The van der Waals surface area contributed by atoms with Crippen molar-refractivity contribution in [3.05, 3.63) is 0 Å². The molecular formula is C5H3Cl3F2O2. The fraction of sp³-hybridized carbons (Fsp3) is 0.800. The van der Waals surface area contributed by atoms with Gasteiger partial charge in [0.15, 0.2) is 9.21 Å². The molecule has 1 rings (SSSR count). The van der Waals surface area contributed by atoms with Gasteiger partial charge in [0.25, 0.3) is 6.43 Å². The standard InChI is InChI=1S/C5H3Cl3F2O2/c6-4(3(9)10)1(2(11)12)5(4,7)8/h1,3H,(H,11,12). The van der Waals surface area contributed by atoms with Crippen LogP contribution in [0.3, 0.4) is 0 Å². The van der Waals surface area contributed by atoms with Crippen molar-refractivity contribution in [2.75, 3.05) is 0 Å². The van der Waals surface area contributed by atoms with E-state index in [0.717, 1.165) is 0 Å². The summed E-state index contributed by atoms with van der Waals surface area (Å²) in [6, 6.07) is 0. The monoisotopic (exact) mass is 238 g/mol.